The Balaban J connectivity index is 1.95. The van der Waals surface area contributed by atoms with Crippen LogP contribution < -0.4 is 9.47 Å². The largest absolute Gasteiger partial charge is 0.493 e. The number of Topliss-reactive ketones (excluding diaryl/α,β-unsaturated/α-hetero) is 1. The second-order valence-corrected chi connectivity index (χ2v) is 7.58. The zero-order valence-electron chi connectivity index (χ0n) is 15.0. The van der Waals surface area contributed by atoms with Crippen molar-refractivity contribution in [2.45, 2.75) is 33.6 Å². The minimum atomic E-state index is -0.222. The zero-order valence-corrected chi connectivity index (χ0v) is 15.0. The summed E-state index contributed by atoms with van der Waals surface area (Å²) < 4.78 is 11.0. The van der Waals surface area contributed by atoms with E-state index in [0.29, 0.717) is 29.8 Å². The average molecular weight is 326 g/mol. The number of carbonyl (C=O) groups excluding carboxylic acids is 1. The van der Waals surface area contributed by atoms with E-state index in [1.807, 2.05) is 24.3 Å². The lowest BCUT2D eigenvalue weighted by atomic mass is 9.70. The number of ether oxygens (including phenoxy) is 2. The molecule has 0 aliphatic heterocycles. The van der Waals surface area contributed by atoms with Gasteiger partial charge in [0.25, 0.3) is 0 Å². The third-order valence-electron chi connectivity index (χ3n) is 6.23. The standard InChI is InChI=1S/C21H26O3/c1-6-11-24-17-8-7-14(13-18(17)23-5)12-15-16-9-10-21(4,19(15)22)20(16,2)3/h6-8,12-13,16H,1,9-11H2,2-5H3. The Bertz CT molecular complexity index is 714. The van der Waals surface area contributed by atoms with E-state index in [4.69, 9.17) is 9.47 Å². The maximum Gasteiger partial charge on any atom is 0.165 e. The van der Waals surface area contributed by atoms with Crippen LogP contribution in [-0.4, -0.2) is 19.5 Å². The van der Waals surface area contributed by atoms with E-state index in [1.165, 1.54) is 0 Å². The lowest BCUT2D eigenvalue weighted by Gasteiger charge is -2.31. The van der Waals surface area contributed by atoms with Gasteiger partial charge in [-0.15, -0.1) is 0 Å². The molecular formula is C21H26O3. The van der Waals surface area contributed by atoms with Crippen LogP contribution in [0.3, 0.4) is 0 Å². The van der Waals surface area contributed by atoms with E-state index in [-0.39, 0.29) is 10.8 Å². The average Bonchev–Trinajstić information content (AvgIpc) is 2.87. The second-order valence-electron chi connectivity index (χ2n) is 7.58. The molecule has 0 saturated heterocycles. The fourth-order valence-electron chi connectivity index (χ4n) is 4.32. The summed E-state index contributed by atoms with van der Waals surface area (Å²) in [6.07, 6.45) is 5.84. The Morgan fingerprint density at radius 1 is 1.29 bits per heavy atom. The topological polar surface area (TPSA) is 35.5 Å². The molecule has 3 rings (SSSR count). The van der Waals surface area contributed by atoms with Gasteiger partial charge in [0, 0.05) is 5.41 Å². The lowest BCUT2D eigenvalue weighted by molar-refractivity contribution is -0.125. The summed E-state index contributed by atoms with van der Waals surface area (Å²) in [6, 6.07) is 5.79. The molecule has 1 aromatic carbocycles. The minimum absolute atomic E-state index is 0.0347. The number of rotatable bonds is 5. The van der Waals surface area contributed by atoms with Crippen molar-refractivity contribution in [3.8, 4) is 11.5 Å². The Morgan fingerprint density at radius 3 is 2.62 bits per heavy atom. The van der Waals surface area contributed by atoms with E-state index in [1.54, 1.807) is 13.2 Å². The molecule has 2 bridgehead atoms. The van der Waals surface area contributed by atoms with Gasteiger partial charge >= 0.3 is 0 Å². The fraction of sp³-hybridized carbons (Fsp3) is 0.476. The SMILES string of the molecule is C=CCOc1ccc(C=C2C(=O)C3(C)CCC2C3(C)C)cc1OC. The Labute approximate surface area is 144 Å². The van der Waals surface area contributed by atoms with Crippen LogP contribution in [-0.2, 0) is 4.79 Å². The predicted molar refractivity (Wildman–Crippen MR) is 96.3 cm³/mol. The summed E-state index contributed by atoms with van der Waals surface area (Å²) in [6.45, 7) is 10.7. The highest BCUT2D eigenvalue weighted by molar-refractivity contribution is 6.08. The summed E-state index contributed by atoms with van der Waals surface area (Å²) in [4.78, 5) is 12.9. The van der Waals surface area contributed by atoms with Crippen molar-refractivity contribution in [3.63, 3.8) is 0 Å². The normalized spacial score (nSPS) is 29.1. The summed E-state index contributed by atoms with van der Waals surface area (Å²) >= 11 is 0. The molecule has 0 radical (unpaired) electrons. The molecule has 128 valence electrons. The van der Waals surface area contributed by atoms with Crippen molar-refractivity contribution in [2.75, 3.05) is 13.7 Å². The number of benzene rings is 1. The van der Waals surface area contributed by atoms with Crippen molar-refractivity contribution in [1.82, 2.24) is 0 Å². The van der Waals surface area contributed by atoms with Crippen LogP contribution >= 0.6 is 0 Å². The first-order valence-electron chi connectivity index (χ1n) is 8.53. The quantitative estimate of drug-likeness (QED) is 0.583. The van der Waals surface area contributed by atoms with E-state index in [9.17, 15) is 4.79 Å². The molecule has 0 spiro atoms. The Kier molecular flexibility index (Phi) is 4.06. The number of carbonyl (C=O) groups is 1. The van der Waals surface area contributed by atoms with Crippen LogP contribution in [0.5, 0.6) is 11.5 Å². The Morgan fingerprint density at radius 2 is 2.04 bits per heavy atom. The number of allylic oxidation sites excluding steroid dienone is 1. The number of hydrogen-bond donors (Lipinski definition) is 0. The Hall–Kier alpha value is -2.03. The highest BCUT2D eigenvalue weighted by atomic mass is 16.5. The number of fused-ring (bicyclic) bond motifs is 2. The van der Waals surface area contributed by atoms with E-state index in [0.717, 1.165) is 24.0 Å². The second kappa shape index (κ2) is 5.80. The van der Waals surface area contributed by atoms with E-state index >= 15 is 0 Å². The van der Waals surface area contributed by atoms with Gasteiger partial charge < -0.3 is 9.47 Å². The summed E-state index contributed by atoms with van der Waals surface area (Å²) in [5, 5.41) is 0. The van der Waals surface area contributed by atoms with Crippen molar-refractivity contribution in [1.29, 1.82) is 0 Å². The van der Waals surface area contributed by atoms with Gasteiger partial charge in [-0.1, -0.05) is 39.5 Å². The van der Waals surface area contributed by atoms with Crippen molar-refractivity contribution in [2.24, 2.45) is 16.7 Å². The van der Waals surface area contributed by atoms with Crippen LogP contribution in [0.2, 0.25) is 0 Å². The first kappa shape index (κ1) is 16.8. The van der Waals surface area contributed by atoms with Crippen LogP contribution in [0.4, 0.5) is 0 Å². The van der Waals surface area contributed by atoms with Crippen molar-refractivity contribution in [3.05, 3.63) is 42.0 Å². The third-order valence-corrected chi connectivity index (χ3v) is 6.23. The number of ketones is 1. The zero-order chi connectivity index (χ0) is 17.5. The van der Waals surface area contributed by atoms with Gasteiger partial charge in [-0.25, -0.2) is 0 Å². The van der Waals surface area contributed by atoms with Crippen LogP contribution in [0.25, 0.3) is 6.08 Å². The van der Waals surface area contributed by atoms with Gasteiger partial charge in [-0.3, -0.25) is 4.79 Å². The molecule has 2 unspecified atom stereocenters. The number of hydrogen-bond acceptors (Lipinski definition) is 3. The molecule has 1 aromatic rings. The first-order valence-corrected chi connectivity index (χ1v) is 8.53. The van der Waals surface area contributed by atoms with E-state index in [2.05, 4.69) is 27.4 Å². The maximum absolute atomic E-state index is 12.9. The molecule has 24 heavy (non-hydrogen) atoms. The molecule has 3 heteroatoms. The molecule has 0 N–H and O–H groups in total. The predicted octanol–water partition coefficient (Wildman–Crippen LogP) is 4.67. The van der Waals surface area contributed by atoms with Gasteiger partial charge in [0.05, 0.1) is 7.11 Å². The van der Waals surface area contributed by atoms with Gasteiger partial charge in [-0.05, 0) is 53.5 Å². The fourth-order valence-corrected chi connectivity index (χ4v) is 4.32. The van der Waals surface area contributed by atoms with Crippen molar-refractivity contribution >= 4 is 11.9 Å². The molecule has 0 aromatic heterocycles. The molecule has 2 aliphatic carbocycles. The summed E-state index contributed by atoms with van der Waals surface area (Å²) in [7, 11) is 1.62. The molecule has 2 saturated carbocycles. The molecule has 0 amide bonds. The molecule has 2 atom stereocenters. The highest BCUT2D eigenvalue weighted by Gasteiger charge is 2.63. The van der Waals surface area contributed by atoms with Gasteiger partial charge in [-0.2, -0.15) is 0 Å². The van der Waals surface area contributed by atoms with Crippen molar-refractivity contribution < 1.29 is 14.3 Å². The van der Waals surface area contributed by atoms with Crippen LogP contribution in [0.15, 0.2) is 36.4 Å². The van der Waals surface area contributed by atoms with Crippen LogP contribution in [0, 0.1) is 16.7 Å². The van der Waals surface area contributed by atoms with Gasteiger partial charge in [0.1, 0.15) is 6.61 Å². The molecule has 2 aliphatic rings. The van der Waals surface area contributed by atoms with Gasteiger partial charge in [0.15, 0.2) is 17.3 Å². The third kappa shape index (κ3) is 2.29. The molecule has 0 heterocycles. The lowest BCUT2D eigenvalue weighted by Crippen LogP contribution is -2.32. The highest BCUT2D eigenvalue weighted by Crippen LogP contribution is 2.65. The minimum Gasteiger partial charge on any atom is -0.493 e. The molecule has 3 nitrogen and oxygen atoms in total. The maximum atomic E-state index is 12.9. The van der Waals surface area contributed by atoms with Gasteiger partial charge in [0.2, 0.25) is 0 Å². The molecule has 2 fully saturated rings. The summed E-state index contributed by atoms with van der Waals surface area (Å²) in [5.41, 5.74) is 1.76. The number of methoxy groups -OCH3 is 1. The molecular weight excluding hydrogens is 300 g/mol. The van der Waals surface area contributed by atoms with E-state index < -0.39 is 0 Å². The first-order chi connectivity index (χ1) is 11.3. The summed E-state index contributed by atoms with van der Waals surface area (Å²) in [5.74, 6) is 2.02. The van der Waals surface area contributed by atoms with Crippen LogP contribution in [0.1, 0.15) is 39.2 Å². The smallest absolute Gasteiger partial charge is 0.165 e. The monoisotopic (exact) mass is 326 g/mol.